The molecular weight excluding hydrogens is 292 g/mol. The van der Waals surface area contributed by atoms with Crippen molar-refractivity contribution in [2.24, 2.45) is 0 Å². The van der Waals surface area contributed by atoms with E-state index in [1.807, 2.05) is 12.1 Å². The summed E-state index contributed by atoms with van der Waals surface area (Å²) in [5.74, 6) is 0.462. The highest BCUT2D eigenvalue weighted by Gasteiger charge is 2.24. The van der Waals surface area contributed by atoms with Crippen LogP contribution in [0.2, 0.25) is 0 Å². The predicted octanol–water partition coefficient (Wildman–Crippen LogP) is 2.24. The summed E-state index contributed by atoms with van der Waals surface area (Å²) in [6.07, 6.45) is 1.06. The molecule has 1 aliphatic heterocycles. The number of sulfone groups is 1. The van der Waals surface area contributed by atoms with Crippen LogP contribution in [0, 0.1) is 0 Å². The molecule has 0 bridgehead atoms. The van der Waals surface area contributed by atoms with Crippen LogP contribution in [-0.4, -0.2) is 38.7 Å². The lowest BCUT2D eigenvalue weighted by atomic mass is 10.1. The largest absolute Gasteiger partial charge is 0.450 e. The molecular formula is C14H20N2O4S. The van der Waals surface area contributed by atoms with Gasteiger partial charge in [-0.3, -0.25) is 5.32 Å². The Morgan fingerprint density at radius 3 is 2.57 bits per heavy atom. The fourth-order valence-corrected chi connectivity index (χ4v) is 3.94. The monoisotopic (exact) mass is 312 g/mol. The second-order valence-corrected chi connectivity index (χ2v) is 7.25. The summed E-state index contributed by atoms with van der Waals surface area (Å²) >= 11 is 0. The standard InChI is InChI=1S/C14H20N2O4S/c1-2-20-14(17)16-12-7-5-11(6-8-12)15-13-4-3-9-21(18,19)10-13/h5-8,13,15H,2-4,9-10H2,1H3,(H,16,17). The van der Waals surface area contributed by atoms with Crippen LogP contribution in [0.3, 0.4) is 0 Å². The van der Waals surface area contributed by atoms with Gasteiger partial charge in [0.05, 0.1) is 18.1 Å². The molecule has 0 saturated carbocycles. The highest BCUT2D eigenvalue weighted by molar-refractivity contribution is 7.91. The van der Waals surface area contributed by atoms with Gasteiger partial charge in [0.2, 0.25) is 0 Å². The fraction of sp³-hybridized carbons (Fsp3) is 0.500. The minimum Gasteiger partial charge on any atom is -0.450 e. The molecule has 1 amide bonds. The number of nitrogens with one attached hydrogen (secondary N) is 2. The van der Waals surface area contributed by atoms with E-state index >= 15 is 0 Å². The average Bonchev–Trinajstić information content (AvgIpc) is 2.40. The molecule has 0 radical (unpaired) electrons. The van der Waals surface area contributed by atoms with Gasteiger partial charge in [-0.05, 0) is 44.0 Å². The molecule has 1 aromatic rings. The van der Waals surface area contributed by atoms with E-state index in [1.54, 1.807) is 19.1 Å². The van der Waals surface area contributed by atoms with E-state index in [2.05, 4.69) is 10.6 Å². The van der Waals surface area contributed by atoms with Crippen LogP contribution in [0.4, 0.5) is 16.2 Å². The zero-order valence-corrected chi connectivity index (χ0v) is 12.8. The number of carbonyl (C=O) groups excluding carboxylic acids is 1. The van der Waals surface area contributed by atoms with Gasteiger partial charge in [0, 0.05) is 17.4 Å². The summed E-state index contributed by atoms with van der Waals surface area (Å²) < 4.78 is 28.0. The Morgan fingerprint density at radius 2 is 1.95 bits per heavy atom. The van der Waals surface area contributed by atoms with Gasteiger partial charge in [0.25, 0.3) is 0 Å². The molecule has 7 heteroatoms. The molecule has 6 nitrogen and oxygen atoms in total. The van der Waals surface area contributed by atoms with Crippen LogP contribution in [0.1, 0.15) is 19.8 Å². The number of hydrogen-bond donors (Lipinski definition) is 2. The number of ether oxygens (including phenoxy) is 1. The van der Waals surface area contributed by atoms with E-state index in [4.69, 9.17) is 4.74 Å². The van der Waals surface area contributed by atoms with E-state index in [9.17, 15) is 13.2 Å². The molecule has 1 fully saturated rings. The summed E-state index contributed by atoms with van der Waals surface area (Å²) in [5, 5.41) is 5.82. The minimum absolute atomic E-state index is 0.0485. The Morgan fingerprint density at radius 1 is 1.29 bits per heavy atom. The minimum atomic E-state index is -2.92. The van der Waals surface area contributed by atoms with Crippen molar-refractivity contribution < 1.29 is 17.9 Å². The van der Waals surface area contributed by atoms with Crippen LogP contribution >= 0.6 is 0 Å². The van der Waals surface area contributed by atoms with Gasteiger partial charge in [-0.25, -0.2) is 13.2 Å². The first kappa shape index (κ1) is 15.6. The lowest BCUT2D eigenvalue weighted by Crippen LogP contribution is -2.34. The number of amides is 1. The van der Waals surface area contributed by atoms with Crippen molar-refractivity contribution in [2.45, 2.75) is 25.8 Å². The highest BCUT2D eigenvalue weighted by atomic mass is 32.2. The molecule has 1 aromatic carbocycles. The van der Waals surface area contributed by atoms with Crippen molar-refractivity contribution in [1.82, 2.24) is 0 Å². The third-order valence-electron chi connectivity index (χ3n) is 3.24. The molecule has 2 rings (SSSR count). The SMILES string of the molecule is CCOC(=O)Nc1ccc(NC2CCCS(=O)(=O)C2)cc1. The van der Waals surface area contributed by atoms with Crippen molar-refractivity contribution in [1.29, 1.82) is 0 Å². The van der Waals surface area contributed by atoms with Crippen LogP contribution in [0.25, 0.3) is 0 Å². The summed E-state index contributed by atoms with van der Waals surface area (Å²) in [6, 6.07) is 7.06. The Balaban J connectivity index is 1.92. The zero-order chi connectivity index (χ0) is 15.3. The van der Waals surface area contributed by atoms with Gasteiger partial charge >= 0.3 is 6.09 Å². The fourth-order valence-electron chi connectivity index (χ4n) is 2.31. The van der Waals surface area contributed by atoms with Crippen LogP contribution in [0.5, 0.6) is 0 Å². The van der Waals surface area contributed by atoms with Gasteiger partial charge in [0.1, 0.15) is 0 Å². The zero-order valence-electron chi connectivity index (χ0n) is 12.0. The topological polar surface area (TPSA) is 84.5 Å². The van der Waals surface area contributed by atoms with Gasteiger partial charge in [-0.1, -0.05) is 0 Å². The number of hydrogen-bond acceptors (Lipinski definition) is 5. The van der Waals surface area contributed by atoms with Crippen molar-refractivity contribution in [2.75, 3.05) is 28.7 Å². The molecule has 0 aliphatic carbocycles. The van der Waals surface area contributed by atoms with Crippen molar-refractivity contribution in [3.8, 4) is 0 Å². The number of benzene rings is 1. The smallest absolute Gasteiger partial charge is 0.411 e. The highest BCUT2D eigenvalue weighted by Crippen LogP contribution is 2.19. The van der Waals surface area contributed by atoms with Gasteiger partial charge in [-0.2, -0.15) is 0 Å². The Kier molecular flexibility index (Phi) is 5.06. The average molecular weight is 312 g/mol. The molecule has 2 N–H and O–H groups in total. The molecule has 1 unspecified atom stereocenters. The lowest BCUT2D eigenvalue weighted by Gasteiger charge is -2.24. The van der Waals surface area contributed by atoms with E-state index < -0.39 is 15.9 Å². The molecule has 116 valence electrons. The Labute approximate surface area is 124 Å². The first-order valence-electron chi connectivity index (χ1n) is 6.99. The van der Waals surface area contributed by atoms with E-state index in [-0.39, 0.29) is 17.5 Å². The van der Waals surface area contributed by atoms with E-state index in [0.29, 0.717) is 18.7 Å². The first-order chi connectivity index (χ1) is 9.98. The van der Waals surface area contributed by atoms with E-state index in [1.165, 1.54) is 0 Å². The van der Waals surface area contributed by atoms with Crippen LogP contribution < -0.4 is 10.6 Å². The first-order valence-corrected chi connectivity index (χ1v) is 8.81. The number of carbonyl (C=O) groups is 1. The normalized spacial score (nSPS) is 20.5. The van der Waals surface area contributed by atoms with Gasteiger partial charge < -0.3 is 10.1 Å². The third-order valence-corrected chi connectivity index (χ3v) is 5.06. The molecule has 1 aliphatic rings. The predicted molar refractivity (Wildman–Crippen MR) is 82.4 cm³/mol. The molecule has 1 heterocycles. The number of anilines is 2. The van der Waals surface area contributed by atoms with Gasteiger partial charge in [-0.15, -0.1) is 0 Å². The number of rotatable bonds is 4. The molecule has 21 heavy (non-hydrogen) atoms. The van der Waals surface area contributed by atoms with Crippen molar-refractivity contribution in [3.63, 3.8) is 0 Å². The third kappa shape index (κ3) is 4.93. The van der Waals surface area contributed by atoms with E-state index in [0.717, 1.165) is 12.1 Å². The molecule has 1 atom stereocenters. The van der Waals surface area contributed by atoms with Gasteiger partial charge in [0.15, 0.2) is 9.84 Å². The lowest BCUT2D eigenvalue weighted by molar-refractivity contribution is 0.168. The maximum absolute atomic E-state index is 11.6. The Hall–Kier alpha value is -1.76. The van der Waals surface area contributed by atoms with Crippen molar-refractivity contribution >= 4 is 27.3 Å². The second kappa shape index (κ2) is 6.80. The second-order valence-electron chi connectivity index (χ2n) is 5.02. The summed E-state index contributed by atoms with van der Waals surface area (Å²) in [6.45, 7) is 2.06. The maximum atomic E-state index is 11.6. The summed E-state index contributed by atoms with van der Waals surface area (Å²) in [7, 11) is -2.92. The molecule has 0 spiro atoms. The Bertz CT molecular complexity index is 583. The van der Waals surface area contributed by atoms with Crippen LogP contribution in [-0.2, 0) is 14.6 Å². The maximum Gasteiger partial charge on any atom is 0.411 e. The van der Waals surface area contributed by atoms with Crippen molar-refractivity contribution in [3.05, 3.63) is 24.3 Å². The quantitative estimate of drug-likeness (QED) is 0.890. The summed E-state index contributed by atoms with van der Waals surface area (Å²) in [4.78, 5) is 11.3. The molecule has 0 aromatic heterocycles. The molecule has 1 saturated heterocycles. The van der Waals surface area contributed by atoms with Crippen LogP contribution in [0.15, 0.2) is 24.3 Å². The summed E-state index contributed by atoms with van der Waals surface area (Å²) in [5.41, 5.74) is 1.47.